The summed E-state index contributed by atoms with van der Waals surface area (Å²) in [6.07, 6.45) is 0.932. The van der Waals surface area contributed by atoms with Gasteiger partial charge in [0.05, 0.1) is 5.92 Å². The number of hydrogen-bond donors (Lipinski definition) is 2. The van der Waals surface area contributed by atoms with E-state index >= 15 is 0 Å². The number of carbonyl (C=O) groups is 3. The number of rotatable bonds is 7. The summed E-state index contributed by atoms with van der Waals surface area (Å²) in [7, 11) is 0. The molecule has 1 aliphatic heterocycles. The zero-order valence-corrected chi connectivity index (χ0v) is 20.6. The number of likely N-dealkylation sites (tertiary alicyclic amines) is 1. The van der Waals surface area contributed by atoms with Crippen molar-refractivity contribution in [2.75, 3.05) is 13.2 Å². The van der Waals surface area contributed by atoms with Crippen LogP contribution in [0, 0.1) is 11.8 Å². The summed E-state index contributed by atoms with van der Waals surface area (Å²) in [5, 5.41) is 12.2. The molecule has 0 radical (unpaired) electrons. The Morgan fingerprint density at radius 3 is 2.23 bits per heavy atom. The molecule has 186 valence electrons. The Balaban J connectivity index is 1.43. The first-order valence-electron chi connectivity index (χ1n) is 12.5. The lowest BCUT2D eigenvalue weighted by Crippen LogP contribution is -2.56. The largest absolute Gasteiger partial charge is 0.481 e. The zero-order valence-electron chi connectivity index (χ0n) is 20.6. The number of benzene rings is 2. The number of carbonyl (C=O) groups excluding carboxylic acids is 2. The molecular weight excluding hydrogens is 444 g/mol. The maximum atomic E-state index is 13.4. The Morgan fingerprint density at radius 2 is 1.69 bits per heavy atom. The lowest BCUT2D eigenvalue weighted by molar-refractivity contribution is -0.148. The third-order valence-electron chi connectivity index (χ3n) is 7.60. The Labute approximate surface area is 206 Å². The van der Waals surface area contributed by atoms with Crippen LogP contribution in [0.3, 0.4) is 0 Å². The molecule has 4 rings (SSSR count). The standard InChI is InChI=1S/C28H34N2O5/c1-4-17(2)25(26(31)30-14-13-19(27(32)33)15-18(30)3)29-28(34)35-16-24-22-11-7-5-9-20(22)21-10-6-8-12-23(21)24/h5-12,17-19,24-25H,4,13-16H2,1-3H3,(H,29,34)(H,32,33)/t17?,18-,19-,25-/m0/s1. The van der Waals surface area contributed by atoms with Crippen molar-refractivity contribution < 1.29 is 24.2 Å². The van der Waals surface area contributed by atoms with Crippen molar-refractivity contribution in [3.63, 3.8) is 0 Å². The van der Waals surface area contributed by atoms with E-state index in [1.807, 2.05) is 45.0 Å². The molecule has 1 saturated heterocycles. The minimum atomic E-state index is -0.820. The second kappa shape index (κ2) is 10.5. The Kier molecular flexibility index (Phi) is 7.43. The summed E-state index contributed by atoms with van der Waals surface area (Å²) in [5.74, 6) is -1.58. The van der Waals surface area contributed by atoms with Crippen LogP contribution in [0.4, 0.5) is 4.79 Å². The minimum Gasteiger partial charge on any atom is -0.481 e. The maximum Gasteiger partial charge on any atom is 0.407 e. The van der Waals surface area contributed by atoms with Crippen LogP contribution in [0.1, 0.15) is 57.1 Å². The lowest BCUT2D eigenvalue weighted by atomic mass is 9.90. The van der Waals surface area contributed by atoms with Crippen molar-refractivity contribution in [3.8, 4) is 11.1 Å². The molecular formula is C28H34N2O5. The summed E-state index contributed by atoms with van der Waals surface area (Å²) in [6.45, 7) is 6.33. The first kappa shape index (κ1) is 24.8. The van der Waals surface area contributed by atoms with Crippen LogP contribution in [0.5, 0.6) is 0 Å². The van der Waals surface area contributed by atoms with Crippen molar-refractivity contribution in [1.29, 1.82) is 0 Å². The molecule has 2 aromatic rings. The van der Waals surface area contributed by atoms with E-state index < -0.39 is 24.0 Å². The molecule has 0 saturated carbocycles. The van der Waals surface area contributed by atoms with Crippen LogP contribution in [0.25, 0.3) is 11.1 Å². The number of alkyl carbamates (subject to hydrolysis) is 1. The van der Waals surface area contributed by atoms with Crippen LogP contribution in [0.15, 0.2) is 48.5 Å². The smallest absolute Gasteiger partial charge is 0.407 e. The molecule has 7 nitrogen and oxygen atoms in total. The Bertz CT molecular complexity index is 1050. The van der Waals surface area contributed by atoms with Gasteiger partial charge in [-0.25, -0.2) is 4.79 Å². The molecule has 0 aromatic heterocycles. The SMILES string of the molecule is CCC(C)[C@H](NC(=O)OCC1c2ccccc2-c2ccccc21)C(=O)N1CC[C@H](C(=O)O)C[C@@H]1C. The zero-order chi connectivity index (χ0) is 25.1. The molecule has 7 heteroatoms. The summed E-state index contributed by atoms with van der Waals surface area (Å²) in [4.78, 5) is 39.4. The normalized spacial score (nSPS) is 20.9. The van der Waals surface area contributed by atoms with Crippen molar-refractivity contribution in [2.24, 2.45) is 11.8 Å². The quantitative estimate of drug-likeness (QED) is 0.604. The highest BCUT2D eigenvalue weighted by Gasteiger charge is 2.37. The van der Waals surface area contributed by atoms with Gasteiger partial charge in [0.15, 0.2) is 0 Å². The van der Waals surface area contributed by atoms with Crippen molar-refractivity contribution in [2.45, 2.75) is 58.0 Å². The molecule has 1 unspecified atom stereocenters. The fourth-order valence-electron chi connectivity index (χ4n) is 5.35. The molecule has 1 heterocycles. The van der Waals surface area contributed by atoms with Gasteiger partial charge in [-0.3, -0.25) is 9.59 Å². The number of amides is 2. The van der Waals surface area contributed by atoms with Gasteiger partial charge < -0.3 is 20.1 Å². The van der Waals surface area contributed by atoms with Gasteiger partial charge in [0.25, 0.3) is 0 Å². The molecule has 2 N–H and O–H groups in total. The average molecular weight is 479 g/mol. The van der Waals surface area contributed by atoms with Gasteiger partial charge in [-0.05, 0) is 47.9 Å². The van der Waals surface area contributed by atoms with Crippen molar-refractivity contribution in [3.05, 3.63) is 59.7 Å². The summed E-state index contributed by atoms with van der Waals surface area (Å²) >= 11 is 0. The van der Waals surface area contributed by atoms with Gasteiger partial charge >= 0.3 is 12.1 Å². The highest BCUT2D eigenvalue weighted by atomic mass is 16.5. The molecule has 2 aromatic carbocycles. The monoisotopic (exact) mass is 478 g/mol. The third kappa shape index (κ3) is 5.04. The lowest BCUT2D eigenvalue weighted by Gasteiger charge is -2.39. The third-order valence-corrected chi connectivity index (χ3v) is 7.60. The Morgan fingerprint density at radius 1 is 1.09 bits per heavy atom. The van der Waals surface area contributed by atoms with Crippen LogP contribution in [-0.4, -0.2) is 53.2 Å². The number of ether oxygens (including phenoxy) is 1. The number of carboxylic acid groups (broad SMARTS) is 1. The van der Waals surface area contributed by atoms with E-state index in [-0.39, 0.29) is 30.4 Å². The van der Waals surface area contributed by atoms with E-state index in [2.05, 4.69) is 29.6 Å². The van der Waals surface area contributed by atoms with Gasteiger partial charge in [0.2, 0.25) is 5.91 Å². The average Bonchev–Trinajstić information content (AvgIpc) is 3.18. The van der Waals surface area contributed by atoms with Crippen molar-refractivity contribution >= 4 is 18.0 Å². The van der Waals surface area contributed by atoms with E-state index in [1.165, 1.54) is 0 Å². The number of aliphatic carboxylic acids is 1. The van der Waals surface area contributed by atoms with Gasteiger partial charge in [0, 0.05) is 18.5 Å². The summed E-state index contributed by atoms with van der Waals surface area (Å²) in [6, 6.07) is 15.4. The van der Waals surface area contributed by atoms with Gasteiger partial charge in [0.1, 0.15) is 12.6 Å². The number of nitrogens with zero attached hydrogens (tertiary/aromatic N) is 1. The van der Waals surface area contributed by atoms with Crippen LogP contribution < -0.4 is 5.32 Å². The van der Waals surface area contributed by atoms with E-state index in [9.17, 15) is 19.5 Å². The van der Waals surface area contributed by atoms with Crippen LogP contribution in [-0.2, 0) is 14.3 Å². The number of hydrogen-bond acceptors (Lipinski definition) is 4. The predicted molar refractivity (Wildman–Crippen MR) is 133 cm³/mol. The van der Waals surface area contributed by atoms with Gasteiger partial charge in [-0.15, -0.1) is 0 Å². The number of carboxylic acids is 1. The highest BCUT2D eigenvalue weighted by molar-refractivity contribution is 5.86. The molecule has 1 aliphatic carbocycles. The molecule has 2 amide bonds. The molecule has 2 aliphatic rings. The number of fused-ring (bicyclic) bond motifs is 3. The predicted octanol–water partition coefficient (Wildman–Crippen LogP) is 4.65. The molecule has 35 heavy (non-hydrogen) atoms. The van der Waals surface area contributed by atoms with E-state index in [0.717, 1.165) is 22.3 Å². The van der Waals surface area contributed by atoms with Gasteiger partial charge in [-0.1, -0.05) is 68.8 Å². The van der Waals surface area contributed by atoms with Gasteiger partial charge in [-0.2, -0.15) is 0 Å². The maximum absolute atomic E-state index is 13.4. The fraction of sp³-hybridized carbons (Fsp3) is 0.464. The summed E-state index contributed by atoms with van der Waals surface area (Å²) < 4.78 is 5.68. The minimum absolute atomic E-state index is 0.0547. The number of piperidine rings is 1. The molecule has 0 spiro atoms. The Hall–Kier alpha value is -3.35. The van der Waals surface area contributed by atoms with E-state index in [4.69, 9.17) is 4.74 Å². The fourth-order valence-corrected chi connectivity index (χ4v) is 5.35. The molecule has 4 atom stereocenters. The first-order chi connectivity index (χ1) is 16.8. The first-order valence-corrected chi connectivity index (χ1v) is 12.5. The highest BCUT2D eigenvalue weighted by Crippen LogP contribution is 2.44. The van der Waals surface area contributed by atoms with E-state index in [1.54, 1.807) is 4.90 Å². The summed E-state index contributed by atoms with van der Waals surface area (Å²) in [5.41, 5.74) is 4.57. The number of nitrogens with one attached hydrogen (secondary N) is 1. The second-order valence-electron chi connectivity index (χ2n) is 9.77. The van der Waals surface area contributed by atoms with Crippen LogP contribution >= 0.6 is 0 Å². The topological polar surface area (TPSA) is 95.9 Å². The van der Waals surface area contributed by atoms with Crippen molar-refractivity contribution in [1.82, 2.24) is 10.2 Å². The second-order valence-corrected chi connectivity index (χ2v) is 9.77. The van der Waals surface area contributed by atoms with E-state index in [0.29, 0.717) is 25.8 Å². The molecule has 0 bridgehead atoms. The molecule has 1 fully saturated rings. The van der Waals surface area contributed by atoms with Crippen LogP contribution in [0.2, 0.25) is 0 Å².